The number of ether oxygens (including phenoxy) is 2. The van der Waals surface area contributed by atoms with E-state index in [1.54, 1.807) is 0 Å². The first kappa shape index (κ1) is 18.0. The summed E-state index contributed by atoms with van der Waals surface area (Å²) in [6.45, 7) is 3.96. The second-order valence-corrected chi connectivity index (χ2v) is 5.93. The summed E-state index contributed by atoms with van der Waals surface area (Å²) < 4.78 is 11.1. The van der Waals surface area contributed by atoms with Crippen molar-refractivity contribution in [3.05, 3.63) is 23.8 Å². The van der Waals surface area contributed by atoms with Crippen molar-refractivity contribution in [3.63, 3.8) is 0 Å². The second-order valence-electron chi connectivity index (χ2n) is 5.93. The normalized spacial score (nSPS) is 21.1. The fraction of sp³-hybridized carbons (Fsp3) is 0.647. The zero-order valence-electron chi connectivity index (χ0n) is 13.8. The van der Waals surface area contributed by atoms with Gasteiger partial charge in [-0.3, -0.25) is 0 Å². The Kier molecular flexibility index (Phi) is 7.11. The van der Waals surface area contributed by atoms with Crippen LogP contribution in [0.25, 0.3) is 0 Å². The molecule has 0 spiro atoms. The van der Waals surface area contributed by atoms with E-state index in [-0.39, 0.29) is 25.3 Å². The molecule has 0 bridgehead atoms. The van der Waals surface area contributed by atoms with Crippen LogP contribution in [-0.4, -0.2) is 61.9 Å². The quantitative estimate of drug-likeness (QED) is 0.463. The Hall–Kier alpha value is -1.34. The van der Waals surface area contributed by atoms with Crippen molar-refractivity contribution in [1.29, 1.82) is 0 Å². The van der Waals surface area contributed by atoms with Gasteiger partial charge >= 0.3 is 0 Å². The summed E-state index contributed by atoms with van der Waals surface area (Å²) in [5.74, 6) is 0. The van der Waals surface area contributed by atoms with E-state index in [0.29, 0.717) is 26.4 Å². The van der Waals surface area contributed by atoms with Crippen LogP contribution >= 0.6 is 0 Å². The minimum atomic E-state index is 0.0384. The Bertz CT molecular complexity index is 466. The van der Waals surface area contributed by atoms with Gasteiger partial charge in [-0.25, -0.2) is 0 Å². The Morgan fingerprint density at radius 2 is 1.65 bits per heavy atom. The van der Waals surface area contributed by atoms with Crippen LogP contribution in [0.3, 0.4) is 0 Å². The Morgan fingerprint density at radius 1 is 1.09 bits per heavy atom. The topological polar surface area (TPSA) is 88.2 Å². The van der Waals surface area contributed by atoms with Crippen LogP contribution in [0, 0.1) is 6.92 Å². The smallest absolute Gasteiger partial charge is 0.0698 e. The van der Waals surface area contributed by atoms with Crippen molar-refractivity contribution >= 4 is 11.4 Å². The zero-order chi connectivity index (χ0) is 16.7. The van der Waals surface area contributed by atoms with E-state index in [0.717, 1.165) is 29.8 Å². The lowest BCUT2D eigenvalue weighted by Crippen LogP contribution is -2.41. The molecule has 4 N–H and O–H groups in total. The third kappa shape index (κ3) is 4.81. The molecular formula is C17H28N2O4. The third-order valence-electron chi connectivity index (χ3n) is 4.26. The molecule has 1 fully saturated rings. The number of anilines is 2. The van der Waals surface area contributed by atoms with Crippen LogP contribution in [-0.2, 0) is 9.47 Å². The van der Waals surface area contributed by atoms with Gasteiger partial charge in [-0.1, -0.05) is 0 Å². The lowest BCUT2D eigenvalue weighted by molar-refractivity contribution is 0.0761. The van der Waals surface area contributed by atoms with E-state index in [1.165, 1.54) is 0 Å². The maximum absolute atomic E-state index is 8.89. The summed E-state index contributed by atoms with van der Waals surface area (Å²) in [6, 6.07) is 6.57. The molecule has 0 aliphatic carbocycles. The molecule has 0 amide bonds. The highest BCUT2D eigenvalue weighted by molar-refractivity contribution is 5.59. The number of nitrogens with zero attached hydrogens (tertiary/aromatic N) is 1. The van der Waals surface area contributed by atoms with Crippen molar-refractivity contribution in [2.45, 2.75) is 31.8 Å². The van der Waals surface area contributed by atoms with E-state index >= 15 is 0 Å². The zero-order valence-corrected chi connectivity index (χ0v) is 13.8. The van der Waals surface area contributed by atoms with Crippen molar-refractivity contribution in [1.82, 2.24) is 0 Å². The molecule has 2 atom stereocenters. The lowest BCUT2D eigenvalue weighted by Gasteiger charge is -2.33. The molecule has 6 heteroatoms. The molecule has 1 heterocycles. The minimum absolute atomic E-state index is 0.0384. The summed E-state index contributed by atoms with van der Waals surface area (Å²) in [5.41, 5.74) is 8.89. The number of nitrogens with two attached hydrogens (primary N) is 1. The molecule has 6 nitrogen and oxygen atoms in total. The molecular weight excluding hydrogens is 296 g/mol. The summed E-state index contributed by atoms with van der Waals surface area (Å²) in [5, 5.41) is 17.8. The second kappa shape index (κ2) is 9.08. The molecule has 0 radical (unpaired) electrons. The first-order valence-electron chi connectivity index (χ1n) is 8.19. The number of aliphatic hydroxyl groups excluding tert-OH is 2. The van der Waals surface area contributed by atoms with Gasteiger partial charge in [-0.15, -0.1) is 0 Å². The Labute approximate surface area is 137 Å². The number of aryl methyl sites for hydroxylation is 1. The van der Waals surface area contributed by atoms with Crippen molar-refractivity contribution in [3.8, 4) is 0 Å². The van der Waals surface area contributed by atoms with Gasteiger partial charge < -0.3 is 30.3 Å². The summed E-state index contributed by atoms with van der Waals surface area (Å²) in [6.07, 6.45) is 2.03. The van der Waals surface area contributed by atoms with Gasteiger partial charge in [0.15, 0.2) is 0 Å². The molecule has 1 saturated heterocycles. The van der Waals surface area contributed by atoms with Crippen LogP contribution in [0.2, 0.25) is 0 Å². The minimum Gasteiger partial charge on any atom is -0.399 e. The highest BCUT2D eigenvalue weighted by Crippen LogP contribution is 2.32. The van der Waals surface area contributed by atoms with Gasteiger partial charge in [0.25, 0.3) is 0 Å². The highest BCUT2D eigenvalue weighted by Gasteiger charge is 2.33. The summed E-state index contributed by atoms with van der Waals surface area (Å²) in [7, 11) is 0. The lowest BCUT2D eigenvalue weighted by atomic mass is 10.1. The van der Waals surface area contributed by atoms with E-state index in [4.69, 9.17) is 25.4 Å². The maximum Gasteiger partial charge on any atom is 0.0698 e. The predicted octanol–water partition coefficient (Wildman–Crippen LogP) is 0.932. The van der Waals surface area contributed by atoms with Crippen LogP contribution in [0.5, 0.6) is 0 Å². The first-order valence-corrected chi connectivity index (χ1v) is 8.19. The monoisotopic (exact) mass is 324 g/mol. The number of hydrogen-bond donors (Lipinski definition) is 3. The largest absolute Gasteiger partial charge is 0.399 e. The highest BCUT2D eigenvalue weighted by atomic mass is 16.5. The van der Waals surface area contributed by atoms with Gasteiger partial charge in [0.05, 0.1) is 51.7 Å². The SMILES string of the molecule is Cc1cc(N2C(COCCO)CCC2COCCO)ccc1N. The number of benzene rings is 1. The molecule has 130 valence electrons. The van der Waals surface area contributed by atoms with E-state index in [2.05, 4.69) is 11.0 Å². The van der Waals surface area contributed by atoms with Gasteiger partial charge in [0.1, 0.15) is 0 Å². The summed E-state index contributed by atoms with van der Waals surface area (Å²) in [4.78, 5) is 2.33. The molecule has 23 heavy (non-hydrogen) atoms. The standard InChI is InChI=1S/C17H28N2O4/c1-13-10-14(4-5-17(13)18)19-15(11-22-8-6-20)2-3-16(19)12-23-9-7-21/h4-5,10,15-16,20-21H,2-3,6-9,11-12,18H2,1H3. The predicted molar refractivity (Wildman–Crippen MR) is 90.7 cm³/mol. The number of aliphatic hydroxyl groups is 2. The van der Waals surface area contributed by atoms with E-state index < -0.39 is 0 Å². The molecule has 0 saturated carbocycles. The van der Waals surface area contributed by atoms with Gasteiger partial charge in [0, 0.05) is 11.4 Å². The fourth-order valence-electron chi connectivity index (χ4n) is 3.10. The molecule has 1 aliphatic heterocycles. The Morgan fingerprint density at radius 3 is 2.13 bits per heavy atom. The van der Waals surface area contributed by atoms with Crippen LogP contribution in [0.15, 0.2) is 18.2 Å². The molecule has 2 rings (SSSR count). The molecule has 1 aromatic carbocycles. The van der Waals surface area contributed by atoms with Crippen molar-refractivity contribution < 1.29 is 19.7 Å². The van der Waals surface area contributed by atoms with Gasteiger partial charge in [-0.2, -0.15) is 0 Å². The molecule has 2 unspecified atom stereocenters. The first-order chi connectivity index (χ1) is 11.2. The van der Waals surface area contributed by atoms with Crippen molar-refractivity contribution in [2.24, 2.45) is 0 Å². The molecule has 1 aromatic rings. The third-order valence-corrected chi connectivity index (χ3v) is 4.26. The summed E-state index contributed by atoms with van der Waals surface area (Å²) >= 11 is 0. The Balaban J connectivity index is 2.11. The average molecular weight is 324 g/mol. The fourth-order valence-corrected chi connectivity index (χ4v) is 3.10. The van der Waals surface area contributed by atoms with Gasteiger partial charge in [0.2, 0.25) is 0 Å². The average Bonchev–Trinajstić information content (AvgIpc) is 2.94. The van der Waals surface area contributed by atoms with Crippen molar-refractivity contribution in [2.75, 3.05) is 50.3 Å². The van der Waals surface area contributed by atoms with Gasteiger partial charge in [-0.05, 0) is 43.5 Å². The number of nitrogen functional groups attached to an aromatic ring is 1. The maximum atomic E-state index is 8.89. The van der Waals surface area contributed by atoms with E-state index in [9.17, 15) is 0 Å². The van der Waals surface area contributed by atoms with Crippen LogP contribution in [0.1, 0.15) is 18.4 Å². The van der Waals surface area contributed by atoms with E-state index in [1.807, 2.05) is 19.1 Å². The molecule has 1 aliphatic rings. The number of rotatable bonds is 9. The molecule has 0 aromatic heterocycles. The van der Waals surface area contributed by atoms with Crippen LogP contribution in [0.4, 0.5) is 11.4 Å². The van der Waals surface area contributed by atoms with Crippen LogP contribution < -0.4 is 10.6 Å². The number of hydrogen-bond acceptors (Lipinski definition) is 6.